The van der Waals surface area contributed by atoms with Crippen LogP contribution >= 0.6 is 0 Å². The predicted molar refractivity (Wildman–Crippen MR) is 94.1 cm³/mol. The molecule has 1 atom stereocenters. The van der Waals surface area contributed by atoms with E-state index in [1.54, 1.807) is 6.20 Å². The van der Waals surface area contributed by atoms with Gasteiger partial charge in [-0.3, -0.25) is 4.79 Å². The molecule has 1 aromatic carbocycles. The van der Waals surface area contributed by atoms with Crippen LogP contribution in [-0.4, -0.2) is 29.2 Å². The largest absolute Gasteiger partial charge is 0.354 e. The van der Waals surface area contributed by atoms with Crippen LogP contribution < -0.4 is 10.2 Å². The van der Waals surface area contributed by atoms with Gasteiger partial charge in [-0.2, -0.15) is 5.10 Å². The Morgan fingerprint density at radius 1 is 1.17 bits per heavy atom. The van der Waals surface area contributed by atoms with E-state index in [0.29, 0.717) is 6.54 Å². The van der Waals surface area contributed by atoms with Crippen molar-refractivity contribution in [2.45, 2.75) is 32.1 Å². The third-order valence-electron chi connectivity index (χ3n) is 5.04. The van der Waals surface area contributed by atoms with Gasteiger partial charge in [0.2, 0.25) is 5.91 Å². The highest BCUT2D eigenvalue weighted by atomic mass is 16.1. The smallest absolute Gasteiger partial charge is 0.229 e. The number of anilines is 2. The Bertz CT molecular complexity index is 731. The van der Waals surface area contributed by atoms with Crippen LogP contribution in [0.2, 0.25) is 0 Å². The van der Waals surface area contributed by atoms with Crippen molar-refractivity contribution in [2.75, 3.05) is 23.3 Å². The van der Waals surface area contributed by atoms with E-state index in [1.807, 2.05) is 18.2 Å². The molecule has 0 bridgehead atoms. The van der Waals surface area contributed by atoms with Gasteiger partial charge >= 0.3 is 0 Å². The average Bonchev–Trinajstić information content (AvgIpc) is 3.10. The van der Waals surface area contributed by atoms with Gasteiger partial charge in [0.15, 0.2) is 5.82 Å². The lowest BCUT2D eigenvalue weighted by atomic mass is 9.97. The molecule has 0 spiro atoms. The molecule has 1 amide bonds. The molecular weight excluding hydrogens is 300 g/mol. The van der Waals surface area contributed by atoms with Gasteiger partial charge in [-0.15, -0.1) is 5.10 Å². The Morgan fingerprint density at radius 2 is 2.08 bits per heavy atom. The van der Waals surface area contributed by atoms with Gasteiger partial charge < -0.3 is 10.2 Å². The lowest BCUT2D eigenvalue weighted by molar-refractivity contribution is -0.120. The van der Waals surface area contributed by atoms with Crippen LogP contribution in [0.1, 0.15) is 30.4 Å². The maximum Gasteiger partial charge on any atom is 0.229 e. The summed E-state index contributed by atoms with van der Waals surface area (Å²) in [5.41, 5.74) is 3.74. The first kappa shape index (κ1) is 15.1. The van der Waals surface area contributed by atoms with Crippen molar-refractivity contribution in [3.05, 3.63) is 47.7 Å². The Hall–Kier alpha value is -2.43. The molecule has 1 saturated heterocycles. The SMILES string of the molecule is O=C(Nc1ccc2c(c1)CCC2)C1CCCN(c2cccnn2)C1. The molecule has 0 radical (unpaired) electrons. The number of aromatic nitrogens is 2. The fourth-order valence-electron chi connectivity index (χ4n) is 3.76. The van der Waals surface area contributed by atoms with E-state index in [2.05, 4.69) is 32.5 Å². The number of nitrogens with zero attached hydrogens (tertiary/aromatic N) is 3. The number of nitrogens with one attached hydrogen (secondary N) is 1. The summed E-state index contributed by atoms with van der Waals surface area (Å²) in [6, 6.07) is 10.2. The first-order valence-electron chi connectivity index (χ1n) is 8.75. The predicted octanol–water partition coefficient (Wildman–Crippen LogP) is 2.82. The Kier molecular flexibility index (Phi) is 4.15. The second kappa shape index (κ2) is 6.59. The lowest BCUT2D eigenvalue weighted by Gasteiger charge is -2.32. The quantitative estimate of drug-likeness (QED) is 0.944. The number of piperidine rings is 1. The summed E-state index contributed by atoms with van der Waals surface area (Å²) in [4.78, 5) is 14.8. The van der Waals surface area contributed by atoms with Crippen LogP contribution in [0.3, 0.4) is 0 Å². The molecule has 5 heteroatoms. The molecule has 2 aromatic rings. The van der Waals surface area contributed by atoms with Crippen molar-refractivity contribution in [1.82, 2.24) is 10.2 Å². The normalized spacial score (nSPS) is 19.8. The van der Waals surface area contributed by atoms with Crippen molar-refractivity contribution in [3.63, 3.8) is 0 Å². The molecule has 24 heavy (non-hydrogen) atoms. The minimum absolute atomic E-state index is 0.00555. The van der Waals surface area contributed by atoms with Crippen molar-refractivity contribution >= 4 is 17.4 Å². The maximum atomic E-state index is 12.7. The molecule has 2 heterocycles. The summed E-state index contributed by atoms with van der Waals surface area (Å²) in [5.74, 6) is 0.961. The third-order valence-corrected chi connectivity index (χ3v) is 5.04. The molecule has 124 valence electrons. The molecule has 1 fully saturated rings. The highest BCUT2D eigenvalue weighted by Gasteiger charge is 2.27. The first-order valence-corrected chi connectivity index (χ1v) is 8.75. The molecule has 4 rings (SSSR count). The van der Waals surface area contributed by atoms with E-state index in [9.17, 15) is 4.79 Å². The van der Waals surface area contributed by atoms with Crippen LogP contribution in [0, 0.1) is 5.92 Å². The summed E-state index contributed by atoms with van der Waals surface area (Å²) in [7, 11) is 0. The van der Waals surface area contributed by atoms with E-state index >= 15 is 0 Å². The van der Waals surface area contributed by atoms with Crippen LogP contribution in [0.5, 0.6) is 0 Å². The maximum absolute atomic E-state index is 12.7. The van der Waals surface area contributed by atoms with Crippen LogP contribution in [0.4, 0.5) is 11.5 Å². The van der Waals surface area contributed by atoms with Gasteiger partial charge in [-0.05, 0) is 67.5 Å². The highest BCUT2D eigenvalue weighted by molar-refractivity contribution is 5.93. The van der Waals surface area contributed by atoms with Crippen molar-refractivity contribution in [1.29, 1.82) is 0 Å². The van der Waals surface area contributed by atoms with E-state index < -0.39 is 0 Å². The van der Waals surface area contributed by atoms with Gasteiger partial charge in [-0.1, -0.05) is 6.07 Å². The number of carbonyl (C=O) groups excluding carboxylic acids is 1. The Balaban J connectivity index is 1.42. The molecule has 1 aromatic heterocycles. The third kappa shape index (κ3) is 3.11. The number of rotatable bonds is 3. The van der Waals surface area contributed by atoms with Crippen LogP contribution in [0.15, 0.2) is 36.5 Å². The summed E-state index contributed by atoms with van der Waals surface area (Å²) >= 11 is 0. The van der Waals surface area contributed by atoms with Gasteiger partial charge in [0, 0.05) is 25.0 Å². The highest BCUT2D eigenvalue weighted by Crippen LogP contribution is 2.26. The van der Waals surface area contributed by atoms with E-state index in [0.717, 1.165) is 37.3 Å². The molecule has 2 aliphatic rings. The molecule has 1 N–H and O–H groups in total. The number of carbonyl (C=O) groups is 1. The topological polar surface area (TPSA) is 58.1 Å². The second-order valence-corrected chi connectivity index (χ2v) is 6.69. The molecule has 1 aliphatic carbocycles. The minimum Gasteiger partial charge on any atom is -0.354 e. The van der Waals surface area contributed by atoms with Crippen molar-refractivity contribution < 1.29 is 4.79 Å². The van der Waals surface area contributed by atoms with Gasteiger partial charge in [-0.25, -0.2) is 0 Å². The fraction of sp³-hybridized carbons (Fsp3) is 0.421. The zero-order valence-electron chi connectivity index (χ0n) is 13.7. The lowest BCUT2D eigenvalue weighted by Crippen LogP contribution is -2.41. The molecule has 0 saturated carbocycles. The number of benzene rings is 1. The standard InChI is InChI=1S/C19H22N4O/c24-19(21-17-9-8-14-4-1-5-15(14)12-17)16-6-3-11-23(13-16)18-7-2-10-20-22-18/h2,7-10,12,16H,1,3-6,11,13H2,(H,21,24). The van der Waals surface area contributed by atoms with Crippen LogP contribution in [0.25, 0.3) is 0 Å². The number of aryl methyl sites for hydroxylation is 2. The zero-order valence-corrected chi connectivity index (χ0v) is 13.7. The molecule has 1 aliphatic heterocycles. The average molecular weight is 322 g/mol. The monoisotopic (exact) mass is 322 g/mol. The van der Waals surface area contributed by atoms with Gasteiger partial charge in [0.1, 0.15) is 0 Å². The minimum atomic E-state index is -0.00555. The molecule has 1 unspecified atom stereocenters. The second-order valence-electron chi connectivity index (χ2n) is 6.69. The Morgan fingerprint density at radius 3 is 2.96 bits per heavy atom. The van der Waals surface area contributed by atoms with Crippen molar-refractivity contribution in [3.8, 4) is 0 Å². The van der Waals surface area contributed by atoms with E-state index in [4.69, 9.17) is 0 Å². The van der Waals surface area contributed by atoms with Gasteiger partial charge in [0.05, 0.1) is 5.92 Å². The number of hydrogen-bond donors (Lipinski definition) is 1. The Labute approximate surface area is 142 Å². The summed E-state index contributed by atoms with van der Waals surface area (Å²) in [5, 5.41) is 11.2. The van der Waals surface area contributed by atoms with E-state index in [1.165, 1.54) is 24.0 Å². The number of amides is 1. The summed E-state index contributed by atoms with van der Waals surface area (Å²) in [6.45, 7) is 1.64. The summed E-state index contributed by atoms with van der Waals surface area (Å²) in [6.07, 6.45) is 7.11. The van der Waals surface area contributed by atoms with Crippen molar-refractivity contribution in [2.24, 2.45) is 5.92 Å². The number of fused-ring (bicyclic) bond motifs is 1. The molecule has 5 nitrogen and oxygen atoms in total. The first-order chi connectivity index (χ1) is 11.8. The zero-order chi connectivity index (χ0) is 16.4. The van der Waals surface area contributed by atoms with Crippen LogP contribution in [-0.2, 0) is 17.6 Å². The summed E-state index contributed by atoms with van der Waals surface area (Å²) < 4.78 is 0. The number of hydrogen-bond acceptors (Lipinski definition) is 4. The van der Waals surface area contributed by atoms with Gasteiger partial charge in [0.25, 0.3) is 0 Å². The van der Waals surface area contributed by atoms with E-state index in [-0.39, 0.29) is 11.8 Å². The fourth-order valence-corrected chi connectivity index (χ4v) is 3.76. The molecular formula is C19H22N4O.